The molecule has 3 rings (SSSR count). The van der Waals surface area contributed by atoms with Crippen LogP contribution >= 0.6 is 11.8 Å². The smallest absolute Gasteiger partial charge is 0.323 e. The molecule has 1 aliphatic rings. The van der Waals surface area contributed by atoms with Crippen molar-refractivity contribution in [3.8, 4) is 0 Å². The largest absolute Gasteiger partial charge is 0.480 e. The van der Waals surface area contributed by atoms with Crippen molar-refractivity contribution in [1.29, 1.82) is 0 Å². The Balaban J connectivity index is 1.79. The van der Waals surface area contributed by atoms with E-state index in [9.17, 15) is 14.4 Å². The number of carbonyl (C=O) groups is 2. The number of carbonyl (C=O) groups excluding carboxylic acids is 1. The van der Waals surface area contributed by atoms with Crippen LogP contribution < -0.4 is 16.2 Å². The van der Waals surface area contributed by atoms with Crippen molar-refractivity contribution in [1.82, 2.24) is 9.88 Å². The lowest BCUT2D eigenvalue weighted by molar-refractivity contribution is -0.137. The van der Waals surface area contributed by atoms with Crippen LogP contribution in [0.25, 0.3) is 4.91 Å². The molecule has 3 N–H and O–H groups in total. The summed E-state index contributed by atoms with van der Waals surface area (Å²) in [6.07, 6.45) is 3.22. The van der Waals surface area contributed by atoms with Gasteiger partial charge in [0.15, 0.2) is 0 Å². The van der Waals surface area contributed by atoms with Gasteiger partial charge in [-0.05, 0) is 23.8 Å². The third kappa shape index (κ3) is 4.10. The molecule has 0 aliphatic carbocycles. The zero-order chi connectivity index (χ0) is 17.8. The van der Waals surface area contributed by atoms with Gasteiger partial charge in [-0.3, -0.25) is 14.4 Å². The Morgan fingerprint density at radius 2 is 2.12 bits per heavy atom. The SMILES string of the molecule is O=C(O)Cn1cc(NC(=O)c2cccc(C3=CNCS3)c2)ccc1=O. The maximum Gasteiger partial charge on any atom is 0.323 e. The number of thioether (sulfide) groups is 1. The lowest BCUT2D eigenvalue weighted by Crippen LogP contribution is -2.24. The fraction of sp³-hybridized carbons (Fsp3) is 0.118. The number of aliphatic carboxylic acids is 1. The van der Waals surface area contributed by atoms with E-state index in [0.29, 0.717) is 11.3 Å². The number of hydrogen-bond acceptors (Lipinski definition) is 5. The van der Waals surface area contributed by atoms with E-state index >= 15 is 0 Å². The first kappa shape index (κ1) is 16.8. The molecule has 2 heterocycles. The Morgan fingerprint density at radius 1 is 1.28 bits per heavy atom. The lowest BCUT2D eigenvalue weighted by atomic mass is 10.1. The summed E-state index contributed by atoms with van der Waals surface area (Å²) in [5.41, 5.74) is 1.33. The summed E-state index contributed by atoms with van der Waals surface area (Å²) in [6.45, 7) is -0.462. The highest BCUT2D eigenvalue weighted by Gasteiger charge is 2.12. The second-order valence-electron chi connectivity index (χ2n) is 5.31. The molecular weight excluding hydrogens is 342 g/mol. The minimum atomic E-state index is -1.13. The highest BCUT2D eigenvalue weighted by Crippen LogP contribution is 2.30. The van der Waals surface area contributed by atoms with Gasteiger partial charge in [0.1, 0.15) is 6.54 Å². The molecule has 0 saturated heterocycles. The molecule has 2 aromatic rings. The molecule has 0 saturated carbocycles. The van der Waals surface area contributed by atoms with Crippen LogP contribution in [0.1, 0.15) is 15.9 Å². The number of amides is 1. The van der Waals surface area contributed by atoms with Gasteiger partial charge in [-0.25, -0.2) is 0 Å². The summed E-state index contributed by atoms with van der Waals surface area (Å²) < 4.78 is 1.03. The Labute approximate surface area is 147 Å². The number of nitrogens with zero attached hydrogens (tertiary/aromatic N) is 1. The first-order valence-corrected chi connectivity index (χ1v) is 8.42. The topological polar surface area (TPSA) is 100 Å². The summed E-state index contributed by atoms with van der Waals surface area (Å²) >= 11 is 1.65. The normalized spacial score (nSPS) is 13.0. The van der Waals surface area contributed by atoms with Crippen LogP contribution in [0.15, 0.2) is 53.6 Å². The zero-order valence-electron chi connectivity index (χ0n) is 13.1. The number of aromatic nitrogens is 1. The summed E-state index contributed by atoms with van der Waals surface area (Å²) in [7, 11) is 0. The van der Waals surface area contributed by atoms with Crippen molar-refractivity contribution >= 4 is 34.2 Å². The standard InChI is InChI=1S/C17H15N3O4S/c21-15-5-4-13(8-20(15)9-16(22)23)19-17(24)12-3-1-2-11(6-12)14-7-18-10-25-14/h1-8,18H,9-10H2,(H,19,24)(H,22,23). The molecule has 8 heteroatoms. The van der Waals surface area contributed by atoms with Gasteiger partial charge < -0.3 is 20.3 Å². The quantitative estimate of drug-likeness (QED) is 0.754. The summed E-state index contributed by atoms with van der Waals surface area (Å²) in [5, 5.41) is 14.6. The molecule has 1 amide bonds. The van der Waals surface area contributed by atoms with E-state index in [0.717, 1.165) is 20.9 Å². The summed E-state index contributed by atoms with van der Waals surface area (Å²) in [4.78, 5) is 35.9. The Hall–Kier alpha value is -3.00. The van der Waals surface area contributed by atoms with Gasteiger partial charge in [-0.2, -0.15) is 0 Å². The van der Waals surface area contributed by atoms with Crippen LogP contribution in [-0.2, 0) is 11.3 Å². The van der Waals surface area contributed by atoms with E-state index in [2.05, 4.69) is 10.6 Å². The van der Waals surface area contributed by atoms with Crippen molar-refractivity contribution in [3.63, 3.8) is 0 Å². The molecule has 128 valence electrons. The lowest BCUT2D eigenvalue weighted by Gasteiger charge is -2.09. The molecule has 7 nitrogen and oxygen atoms in total. The zero-order valence-corrected chi connectivity index (χ0v) is 13.9. The second-order valence-corrected chi connectivity index (χ2v) is 6.33. The van der Waals surface area contributed by atoms with Crippen molar-refractivity contribution in [3.05, 3.63) is 70.3 Å². The minimum absolute atomic E-state index is 0.334. The fourth-order valence-corrected chi connectivity index (χ4v) is 3.14. The van der Waals surface area contributed by atoms with Gasteiger partial charge in [-0.1, -0.05) is 12.1 Å². The number of hydrogen-bond donors (Lipinski definition) is 3. The predicted molar refractivity (Wildman–Crippen MR) is 96.3 cm³/mol. The van der Waals surface area contributed by atoms with Gasteiger partial charge >= 0.3 is 5.97 Å². The molecular formula is C17H15N3O4S. The van der Waals surface area contributed by atoms with Gasteiger partial charge in [0.05, 0.1) is 11.6 Å². The number of benzene rings is 1. The van der Waals surface area contributed by atoms with Crippen molar-refractivity contribution in [2.24, 2.45) is 0 Å². The average Bonchev–Trinajstić information content (AvgIpc) is 3.12. The minimum Gasteiger partial charge on any atom is -0.480 e. The van der Waals surface area contributed by atoms with Gasteiger partial charge in [0.2, 0.25) is 0 Å². The third-order valence-corrected chi connectivity index (χ3v) is 4.48. The van der Waals surface area contributed by atoms with Crippen LogP contribution in [0.4, 0.5) is 5.69 Å². The van der Waals surface area contributed by atoms with Gasteiger partial charge in [0, 0.05) is 28.9 Å². The van der Waals surface area contributed by atoms with Crippen LogP contribution in [0, 0.1) is 0 Å². The Bertz CT molecular complexity index is 920. The van der Waals surface area contributed by atoms with E-state index in [1.54, 1.807) is 30.0 Å². The summed E-state index contributed by atoms with van der Waals surface area (Å²) in [5.74, 6) is -0.662. The van der Waals surface area contributed by atoms with Crippen LogP contribution in [-0.4, -0.2) is 27.4 Å². The number of anilines is 1. The Morgan fingerprint density at radius 3 is 2.84 bits per heavy atom. The third-order valence-electron chi connectivity index (χ3n) is 3.50. The van der Waals surface area contributed by atoms with Crippen LogP contribution in [0.2, 0.25) is 0 Å². The maximum absolute atomic E-state index is 12.4. The van der Waals surface area contributed by atoms with Gasteiger partial charge in [-0.15, -0.1) is 11.8 Å². The van der Waals surface area contributed by atoms with E-state index in [1.807, 2.05) is 12.3 Å². The first-order chi connectivity index (χ1) is 12.0. The highest BCUT2D eigenvalue weighted by molar-refractivity contribution is 8.08. The number of rotatable bonds is 5. The van der Waals surface area contributed by atoms with Crippen LogP contribution in [0.5, 0.6) is 0 Å². The number of carboxylic acid groups (broad SMARTS) is 1. The molecule has 0 bridgehead atoms. The van der Waals surface area contributed by atoms with Crippen molar-refractivity contribution < 1.29 is 14.7 Å². The maximum atomic E-state index is 12.4. The number of pyridine rings is 1. The van der Waals surface area contributed by atoms with E-state index in [1.165, 1.54) is 18.3 Å². The van der Waals surface area contributed by atoms with E-state index < -0.39 is 18.1 Å². The molecule has 0 fully saturated rings. The van der Waals surface area contributed by atoms with Gasteiger partial charge in [0.25, 0.3) is 11.5 Å². The predicted octanol–water partition coefficient (Wildman–Crippen LogP) is 1.78. The fourth-order valence-electron chi connectivity index (χ4n) is 2.35. The molecule has 1 aromatic heterocycles. The molecule has 0 radical (unpaired) electrons. The molecule has 0 unspecified atom stereocenters. The van der Waals surface area contributed by atoms with Crippen molar-refractivity contribution in [2.45, 2.75) is 6.54 Å². The van der Waals surface area contributed by atoms with Crippen molar-refractivity contribution in [2.75, 3.05) is 11.2 Å². The number of nitrogens with one attached hydrogen (secondary N) is 2. The van der Waals surface area contributed by atoms with E-state index in [-0.39, 0.29) is 5.91 Å². The highest BCUT2D eigenvalue weighted by atomic mass is 32.2. The molecule has 0 spiro atoms. The molecule has 0 atom stereocenters. The molecule has 1 aromatic carbocycles. The number of carboxylic acids is 1. The average molecular weight is 357 g/mol. The van der Waals surface area contributed by atoms with E-state index in [4.69, 9.17) is 5.11 Å². The van der Waals surface area contributed by atoms with Crippen LogP contribution in [0.3, 0.4) is 0 Å². The molecule has 25 heavy (non-hydrogen) atoms. The first-order valence-electron chi connectivity index (χ1n) is 7.43. The Kier molecular flexibility index (Phi) is 4.90. The molecule has 1 aliphatic heterocycles. The second kappa shape index (κ2) is 7.27. The monoisotopic (exact) mass is 357 g/mol. The summed E-state index contributed by atoms with van der Waals surface area (Å²) in [6, 6.07) is 9.88.